The average Bonchev–Trinajstić information content (AvgIpc) is 2.78. The van der Waals surface area contributed by atoms with Crippen LogP contribution in [-0.4, -0.2) is 7.11 Å². The van der Waals surface area contributed by atoms with Crippen LogP contribution in [0.5, 0.6) is 5.75 Å². The van der Waals surface area contributed by atoms with Crippen molar-refractivity contribution in [2.24, 2.45) is 5.73 Å². The van der Waals surface area contributed by atoms with E-state index in [1.165, 1.54) is 9.75 Å². The van der Waals surface area contributed by atoms with Gasteiger partial charge in [-0.25, -0.2) is 0 Å². The van der Waals surface area contributed by atoms with Crippen LogP contribution in [0.15, 0.2) is 34.8 Å². The zero-order valence-corrected chi connectivity index (χ0v) is 11.3. The molecule has 4 heteroatoms. The van der Waals surface area contributed by atoms with Gasteiger partial charge in [-0.2, -0.15) is 0 Å². The molecule has 0 unspecified atom stereocenters. The number of hydrogen-bond donors (Lipinski definition) is 1. The van der Waals surface area contributed by atoms with E-state index in [-0.39, 0.29) is 0 Å². The summed E-state index contributed by atoms with van der Waals surface area (Å²) in [5, 5.41) is 0. The monoisotopic (exact) mass is 297 g/mol. The van der Waals surface area contributed by atoms with E-state index in [2.05, 4.69) is 34.1 Å². The molecule has 1 heterocycles. The second-order valence-corrected chi connectivity index (χ2v) is 5.34. The maximum absolute atomic E-state index is 5.60. The van der Waals surface area contributed by atoms with Crippen LogP contribution in [0.1, 0.15) is 4.88 Å². The fraction of sp³-hybridized carbons (Fsp3) is 0.167. The van der Waals surface area contributed by atoms with Crippen LogP contribution in [-0.2, 0) is 6.54 Å². The number of ether oxygens (including phenoxy) is 1. The minimum absolute atomic E-state index is 0.596. The SMILES string of the molecule is COc1cc(-c2ccc(CN)s2)ccc1Br. The highest BCUT2D eigenvalue weighted by molar-refractivity contribution is 9.10. The van der Waals surface area contributed by atoms with E-state index >= 15 is 0 Å². The van der Waals surface area contributed by atoms with Crippen molar-refractivity contribution in [2.75, 3.05) is 7.11 Å². The van der Waals surface area contributed by atoms with Gasteiger partial charge in [0.15, 0.2) is 0 Å². The van der Waals surface area contributed by atoms with Crippen molar-refractivity contribution >= 4 is 27.3 Å². The average molecular weight is 298 g/mol. The number of nitrogens with two attached hydrogens (primary N) is 1. The maximum atomic E-state index is 5.60. The molecular weight excluding hydrogens is 286 g/mol. The Morgan fingerprint density at radius 3 is 2.75 bits per heavy atom. The fourth-order valence-corrected chi connectivity index (χ4v) is 2.75. The molecule has 0 aliphatic rings. The molecule has 2 N–H and O–H groups in total. The van der Waals surface area contributed by atoms with Crippen LogP contribution in [0, 0.1) is 0 Å². The zero-order chi connectivity index (χ0) is 11.5. The van der Waals surface area contributed by atoms with Gasteiger partial charge in [0.1, 0.15) is 5.75 Å². The number of hydrogen-bond acceptors (Lipinski definition) is 3. The number of benzene rings is 1. The fourth-order valence-electron chi connectivity index (χ4n) is 1.46. The number of methoxy groups -OCH3 is 1. The molecule has 2 rings (SSSR count). The molecule has 0 aliphatic carbocycles. The Hall–Kier alpha value is -0.840. The van der Waals surface area contributed by atoms with E-state index in [1.54, 1.807) is 18.4 Å². The summed E-state index contributed by atoms with van der Waals surface area (Å²) >= 11 is 5.16. The summed E-state index contributed by atoms with van der Waals surface area (Å²) in [7, 11) is 1.67. The first-order valence-electron chi connectivity index (χ1n) is 4.87. The van der Waals surface area contributed by atoms with Gasteiger partial charge in [0.2, 0.25) is 0 Å². The molecule has 0 atom stereocenters. The van der Waals surface area contributed by atoms with Gasteiger partial charge in [0.05, 0.1) is 11.6 Å². The summed E-state index contributed by atoms with van der Waals surface area (Å²) in [5.74, 6) is 0.847. The lowest BCUT2D eigenvalue weighted by molar-refractivity contribution is 0.412. The van der Waals surface area contributed by atoms with Crippen molar-refractivity contribution in [3.63, 3.8) is 0 Å². The standard InChI is InChI=1S/C12H12BrNOS/c1-15-11-6-8(2-4-10(11)13)12-5-3-9(7-14)16-12/h2-6H,7,14H2,1H3. The summed E-state index contributed by atoms with van der Waals surface area (Å²) in [6.45, 7) is 0.596. The van der Waals surface area contributed by atoms with Crippen molar-refractivity contribution in [3.8, 4) is 16.2 Å². The molecule has 0 fully saturated rings. The highest BCUT2D eigenvalue weighted by atomic mass is 79.9. The van der Waals surface area contributed by atoms with Crippen LogP contribution < -0.4 is 10.5 Å². The summed E-state index contributed by atoms with van der Waals surface area (Å²) in [6.07, 6.45) is 0. The van der Waals surface area contributed by atoms with Crippen molar-refractivity contribution < 1.29 is 4.74 Å². The van der Waals surface area contributed by atoms with E-state index < -0.39 is 0 Å². The zero-order valence-electron chi connectivity index (χ0n) is 8.87. The van der Waals surface area contributed by atoms with Crippen molar-refractivity contribution in [2.45, 2.75) is 6.54 Å². The molecule has 0 bridgehead atoms. The molecule has 16 heavy (non-hydrogen) atoms. The molecule has 2 aromatic rings. The summed E-state index contributed by atoms with van der Waals surface area (Å²) in [4.78, 5) is 2.41. The molecule has 2 nitrogen and oxygen atoms in total. The highest BCUT2D eigenvalue weighted by Gasteiger charge is 2.05. The molecule has 0 saturated carbocycles. The van der Waals surface area contributed by atoms with E-state index in [1.807, 2.05) is 12.1 Å². The summed E-state index contributed by atoms with van der Waals surface area (Å²) in [5.41, 5.74) is 6.76. The Bertz CT molecular complexity index is 496. The second kappa shape index (κ2) is 4.99. The number of rotatable bonds is 3. The first kappa shape index (κ1) is 11.6. The first-order chi connectivity index (χ1) is 7.74. The molecule has 0 amide bonds. The van der Waals surface area contributed by atoms with E-state index in [0.29, 0.717) is 6.54 Å². The highest BCUT2D eigenvalue weighted by Crippen LogP contribution is 2.33. The van der Waals surface area contributed by atoms with Crippen LogP contribution in [0.2, 0.25) is 0 Å². The number of halogens is 1. The predicted molar refractivity (Wildman–Crippen MR) is 71.9 cm³/mol. The van der Waals surface area contributed by atoms with Gasteiger partial charge >= 0.3 is 0 Å². The third-order valence-electron chi connectivity index (χ3n) is 2.30. The molecule has 0 spiro atoms. The normalized spacial score (nSPS) is 10.4. The van der Waals surface area contributed by atoms with Crippen molar-refractivity contribution in [1.29, 1.82) is 0 Å². The van der Waals surface area contributed by atoms with Gasteiger partial charge in [-0.15, -0.1) is 11.3 Å². The third-order valence-corrected chi connectivity index (χ3v) is 4.11. The Morgan fingerprint density at radius 2 is 2.12 bits per heavy atom. The molecular formula is C12H12BrNOS. The van der Waals surface area contributed by atoms with Gasteiger partial charge in [0, 0.05) is 16.3 Å². The van der Waals surface area contributed by atoms with Crippen LogP contribution >= 0.6 is 27.3 Å². The molecule has 0 saturated heterocycles. The minimum atomic E-state index is 0.596. The quantitative estimate of drug-likeness (QED) is 0.939. The topological polar surface area (TPSA) is 35.2 Å². The van der Waals surface area contributed by atoms with E-state index in [0.717, 1.165) is 15.8 Å². The van der Waals surface area contributed by atoms with E-state index in [4.69, 9.17) is 10.5 Å². The minimum Gasteiger partial charge on any atom is -0.496 e. The lowest BCUT2D eigenvalue weighted by Gasteiger charge is -2.05. The number of thiophene rings is 1. The van der Waals surface area contributed by atoms with Gasteiger partial charge in [-0.3, -0.25) is 0 Å². The molecule has 84 valence electrons. The lowest BCUT2D eigenvalue weighted by Crippen LogP contribution is -1.91. The Kier molecular flexibility index (Phi) is 3.63. The van der Waals surface area contributed by atoms with Crippen LogP contribution in [0.3, 0.4) is 0 Å². The van der Waals surface area contributed by atoms with Crippen LogP contribution in [0.4, 0.5) is 0 Å². The van der Waals surface area contributed by atoms with Crippen LogP contribution in [0.25, 0.3) is 10.4 Å². The maximum Gasteiger partial charge on any atom is 0.133 e. The second-order valence-electron chi connectivity index (χ2n) is 3.32. The lowest BCUT2D eigenvalue weighted by atomic mass is 10.2. The molecule has 1 aromatic carbocycles. The van der Waals surface area contributed by atoms with Crippen molar-refractivity contribution in [3.05, 3.63) is 39.7 Å². The summed E-state index contributed by atoms with van der Waals surface area (Å²) < 4.78 is 6.24. The van der Waals surface area contributed by atoms with Crippen molar-refractivity contribution in [1.82, 2.24) is 0 Å². The van der Waals surface area contributed by atoms with Gasteiger partial charge in [0.25, 0.3) is 0 Å². The van der Waals surface area contributed by atoms with Gasteiger partial charge in [-0.05, 0) is 45.8 Å². The molecule has 1 aromatic heterocycles. The molecule has 0 radical (unpaired) electrons. The predicted octanol–water partition coefficient (Wildman–Crippen LogP) is 3.64. The summed E-state index contributed by atoms with van der Waals surface area (Å²) in [6, 6.07) is 10.2. The van der Waals surface area contributed by atoms with E-state index in [9.17, 15) is 0 Å². The Morgan fingerprint density at radius 1 is 1.31 bits per heavy atom. The van der Waals surface area contributed by atoms with Gasteiger partial charge < -0.3 is 10.5 Å². The third kappa shape index (κ3) is 2.29. The Labute approximate surface area is 107 Å². The Balaban J connectivity index is 2.40. The van der Waals surface area contributed by atoms with Gasteiger partial charge in [-0.1, -0.05) is 6.07 Å². The largest absolute Gasteiger partial charge is 0.496 e. The first-order valence-corrected chi connectivity index (χ1v) is 6.48. The molecule has 0 aliphatic heterocycles. The smallest absolute Gasteiger partial charge is 0.133 e.